The molecule has 16 heavy (non-hydrogen) atoms. The van der Waals surface area contributed by atoms with Crippen LogP contribution in [0.5, 0.6) is 0 Å². The Balaban J connectivity index is 4.16. The van der Waals surface area contributed by atoms with Crippen molar-refractivity contribution in [3.63, 3.8) is 0 Å². The van der Waals surface area contributed by atoms with Gasteiger partial charge in [-0.05, 0) is 27.7 Å². The molecule has 0 aliphatic heterocycles. The van der Waals surface area contributed by atoms with Crippen molar-refractivity contribution in [1.29, 1.82) is 0 Å². The lowest BCUT2D eigenvalue weighted by molar-refractivity contribution is -0.263. The van der Waals surface area contributed by atoms with E-state index in [-0.39, 0.29) is 0 Å². The van der Waals surface area contributed by atoms with Crippen LogP contribution in [0.1, 0.15) is 27.7 Å². The third kappa shape index (κ3) is 4.20. The highest BCUT2D eigenvalue weighted by Gasteiger charge is 2.25. The van der Waals surface area contributed by atoms with E-state index in [0.29, 0.717) is 0 Å². The minimum absolute atomic E-state index is 0.402. The molecule has 0 spiro atoms. The van der Waals surface area contributed by atoms with Gasteiger partial charge < -0.3 is 0 Å². The third-order valence-corrected chi connectivity index (χ3v) is 2.13. The fourth-order valence-electron chi connectivity index (χ4n) is 0.558. The topological polar surface area (TPSA) is 86.7 Å². The van der Waals surface area contributed by atoms with Crippen molar-refractivity contribution in [1.82, 2.24) is 0 Å². The molecule has 0 bridgehead atoms. The van der Waals surface area contributed by atoms with Gasteiger partial charge in [0.1, 0.15) is 23.4 Å². The fourth-order valence-corrected chi connectivity index (χ4v) is 0.558. The minimum atomic E-state index is -1.000. The van der Waals surface area contributed by atoms with E-state index in [1.54, 1.807) is 0 Å². The van der Waals surface area contributed by atoms with Crippen molar-refractivity contribution in [3.8, 4) is 0 Å². The molecular formula is C10H14O6. The molecule has 0 aliphatic carbocycles. The van der Waals surface area contributed by atoms with Crippen molar-refractivity contribution in [2.45, 2.75) is 27.7 Å². The number of rotatable bonds is 4. The first kappa shape index (κ1) is 14.3. The first-order chi connectivity index (χ1) is 7.27. The zero-order valence-electron chi connectivity index (χ0n) is 9.60. The van der Waals surface area contributed by atoms with Crippen molar-refractivity contribution < 1.29 is 29.0 Å². The SMILES string of the molecule is CC(=O)C(C)C(=O)OOC(=O)C(C)C(C)=O. The van der Waals surface area contributed by atoms with E-state index < -0.39 is 35.3 Å². The molecule has 0 aromatic heterocycles. The molecule has 0 radical (unpaired) electrons. The van der Waals surface area contributed by atoms with Crippen LogP contribution < -0.4 is 0 Å². The summed E-state index contributed by atoms with van der Waals surface area (Å²) in [7, 11) is 0. The molecule has 90 valence electrons. The van der Waals surface area contributed by atoms with Gasteiger partial charge in [-0.15, -0.1) is 0 Å². The van der Waals surface area contributed by atoms with Crippen molar-refractivity contribution >= 4 is 23.5 Å². The number of hydrogen-bond donors (Lipinski definition) is 0. The summed E-state index contributed by atoms with van der Waals surface area (Å²) in [6.45, 7) is 5.08. The predicted octanol–water partition coefficient (Wildman–Crippen LogP) is 0.438. The number of hydrogen-bond acceptors (Lipinski definition) is 6. The van der Waals surface area contributed by atoms with Gasteiger partial charge in [-0.1, -0.05) is 0 Å². The summed E-state index contributed by atoms with van der Waals surface area (Å²) in [5, 5.41) is 0. The Hall–Kier alpha value is -1.72. The van der Waals surface area contributed by atoms with Gasteiger partial charge >= 0.3 is 11.9 Å². The molecule has 6 nitrogen and oxygen atoms in total. The van der Waals surface area contributed by atoms with Crippen LogP contribution in [-0.2, 0) is 29.0 Å². The molecule has 0 aromatic carbocycles. The second kappa shape index (κ2) is 5.99. The molecule has 0 N–H and O–H groups in total. The molecule has 0 heterocycles. The molecule has 0 fully saturated rings. The second-order valence-electron chi connectivity index (χ2n) is 3.47. The quantitative estimate of drug-likeness (QED) is 0.395. The summed E-state index contributed by atoms with van der Waals surface area (Å²) in [5.41, 5.74) is 0. The average Bonchev–Trinajstić information content (AvgIpc) is 2.22. The third-order valence-electron chi connectivity index (χ3n) is 2.13. The molecule has 0 saturated heterocycles. The number of Topliss-reactive ketones (excluding diaryl/α,β-unsaturated/α-hetero) is 2. The van der Waals surface area contributed by atoms with E-state index in [1.165, 1.54) is 27.7 Å². The van der Waals surface area contributed by atoms with Gasteiger partial charge in [0.2, 0.25) is 0 Å². The Morgan fingerprint density at radius 2 is 1.00 bits per heavy atom. The lowest BCUT2D eigenvalue weighted by Crippen LogP contribution is -2.26. The van der Waals surface area contributed by atoms with Gasteiger partial charge in [0.25, 0.3) is 0 Å². The number of carbonyl (C=O) groups is 4. The Labute approximate surface area is 92.8 Å². The standard InChI is InChI=1S/C10H14O6/c1-5(7(3)11)9(13)15-16-10(14)6(2)8(4)12/h5-6H,1-4H3. The van der Waals surface area contributed by atoms with Crippen LogP contribution in [0, 0.1) is 11.8 Å². The largest absolute Gasteiger partial charge is 0.365 e. The van der Waals surface area contributed by atoms with Gasteiger partial charge in [-0.3, -0.25) is 9.59 Å². The van der Waals surface area contributed by atoms with E-state index in [0.717, 1.165) is 0 Å². The molecule has 0 amide bonds. The molecule has 6 heteroatoms. The summed E-state index contributed by atoms with van der Waals surface area (Å²) in [6.07, 6.45) is 0. The Morgan fingerprint density at radius 1 is 0.750 bits per heavy atom. The van der Waals surface area contributed by atoms with Gasteiger partial charge in [0.05, 0.1) is 0 Å². The maximum atomic E-state index is 11.1. The van der Waals surface area contributed by atoms with E-state index in [4.69, 9.17) is 0 Å². The molecule has 2 atom stereocenters. The predicted molar refractivity (Wildman–Crippen MR) is 51.9 cm³/mol. The van der Waals surface area contributed by atoms with Crippen LogP contribution in [0.15, 0.2) is 0 Å². The smallest absolute Gasteiger partial charge is 0.299 e. The average molecular weight is 230 g/mol. The molecule has 0 saturated carbocycles. The Morgan fingerprint density at radius 3 is 1.19 bits per heavy atom. The summed E-state index contributed by atoms with van der Waals surface area (Å²) >= 11 is 0. The summed E-state index contributed by atoms with van der Waals surface area (Å²) < 4.78 is 0. The maximum absolute atomic E-state index is 11.1. The monoisotopic (exact) mass is 230 g/mol. The normalized spacial score (nSPS) is 13.5. The van der Waals surface area contributed by atoms with E-state index in [2.05, 4.69) is 9.78 Å². The van der Waals surface area contributed by atoms with E-state index >= 15 is 0 Å². The number of ketones is 2. The molecule has 2 unspecified atom stereocenters. The van der Waals surface area contributed by atoms with Gasteiger partial charge in [-0.2, -0.15) is 0 Å². The van der Waals surface area contributed by atoms with Gasteiger partial charge in [-0.25, -0.2) is 19.4 Å². The molecule has 0 rings (SSSR count). The Kier molecular flexibility index (Phi) is 5.35. The lowest BCUT2D eigenvalue weighted by Gasteiger charge is -2.08. The van der Waals surface area contributed by atoms with Crippen LogP contribution in [0.3, 0.4) is 0 Å². The van der Waals surface area contributed by atoms with Gasteiger partial charge in [0, 0.05) is 0 Å². The first-order valence-corrected chi connectivity index (χ1v) is 4.70. The van der Waals surface area contributed by atoms with Crippen LogP contribution >= 0.6 is 0 Å². The van der Waals surface area contributed by atoms with Crippen LogP contribution in [-0.4, -0.2) is 23.5 Å². The summed E-state index contributed by atoms with van der Waals surface area (Å²) in [4.78, 5) is 52.0. The molecule has 0 aliphatic rings. The zero-order chi connectivity index (χ0) is 12.9. The van der Waals surface area contributed by atoms with Crippen molar-refractivity contribution in [2.24, 2.45) is 11.8 Å². The first-order valence-electron chi connectivity index (χ1n) is 4.70. The van der Waals surface area contributed by atoms with E-state index in [1.807, 2.05) is 0 Å². The molecule has 0 aromatic rings. The number of carbonyl (C=O) groups excluding carboxylic acids is 4. The minimum Gasteiger partial charge on any atom is -0.299 e. The molecular weight excluding hydrogens is 216 g/mol. The summed E-state index contributed by atoms with van der Waals surface area (Å²) in [6, 6.07) is 0. The maximum Gasteiger partial charge on any atom is 0.365 e. The highest BCUT2D eigenvalue weighted by Crippen LogP contribution is 2.04. The van der Waals surface area contributed by atoms with Crippen LogP contribution in [0.4, 0.5) is 0 Å². The summed E-state index contributed by atoms with van der Waals surface area (Å²) in [5.74, 6) is -4.73. The fraction of sp³-hybridized carbons (Fsp3) is 0.600. The van der Waals surface area contributed by atoms with Gasteiger partial charge in [0.15, 0.2) is 0 Å². The second-order valence-corrected chi connectivity index (χ2v) is 3.47. The van der Waals surface area contributed by atoms with E-state index in [9.17, 15) is 19.2 Å². The highest BCUT2D eigenvalue weighted by atomic mass is 17.2. The highest BCUT2D eigenvalue weighted by molar-refractivity contribution is 5.98. The Bertz CT molecular complexity index is 287. The van der Waals surface area contributed by atoms with Crippen molar-refractivity contribution in [3.05, 3.63) is 0 Å². The lowest BCUT2D eigenvalue weighted by atomic mass is 10.1. The van der Waals surface area contributed by atoms with Crippen LogP contribution in [0.2, 0.25) is 0 Å². The van der Waals surface area contributed by atoms with Crippen LogP contribution in [0.25, 0.3) is 0 Å². The van der Waals surface area contributed by atoms with Crippen molar-refractivity contribution in [2.75, 3.05) is 0 Å². The zero-order valence-corrected chi connectivity index (χ0v) is 9.60.